The summed E-state index contributed by atoms with van der Waals surface area (Å²) in [6.45, 7) is 8.08. The third-order valence-corrected chi connectivity index (χ3v) is 2.81. The number of aryl methyl sites for hydroxylation is 1. The molecule has 1 radical (unpaired) electrons. The van der Waals surface area contributed by atoms with Crippen LogP contribution >= 0.6 is 0 Å². The molecule has 0 bridgehead atoms. The van der Waals surface area contributed by atoms with Gasteiger partial charge in [0.25, 0.3) is 0 Å². The third-order valence-electron chi connectivity index (χ3n) is 2.81. The fourth-order valence-electron chi connectivity index (χ4n) is 1.33. The number of hydrogen-bond acceptors (Lipinski definition) is 2. The normalized spacial score (nSPS) is 14.4. The van der Waals surface area contributed by atoms with Crippen LogP contribution in [0.4, 0.5) is 0 Å². The first kappa shape index (κ1) is 12.0. The zero-order chi connectivity index (χ0) is 11.5. The summed E-state index contributed by atoms with van der Waals surface area (Å²) in [5.41, 5.74) is 0.721. The zero-order valence-corrected chi connectivity index (χ0v) is 9.87. The molecule has 81 valence electrons. The van der Waals surface area contributed by atoms with E-state index in [-0.39, 0.29) is 11.2 Å². The minimum Gasteiger partial charge on any atom is -0.508 e. The van der Waals surface area contributed by atoms with Crippen molar-refractivity contribution in [3.8, 4) is 11.5 Å². The van der Waals surface area contributed by atoms with Gasteiger partial charge in [0.05, 0.1) is 5.50 Å². The van der Waals surface area contributed by atoms with Crippen LogP contribution in [0, 0.1) is 6.92 Å². The Morgan fingerprint density at radius 1 is 1.47 bits per heavy atom. The Kier molecular flexibility index (Phi) is 3.67. The van der Waals surface area contributed by atoms with Gasteiger partial charge in [-0.05, 0) is 44.0 Å². The zero-order valence-electron chi connectivity index (χ0n) is 9.87. The van der Waals surface area contributed by atoms with Crippen molar-refractivity contribution >= 4 is 7.28 Å². The molecule has 2 nitrogen and oxygen atoms in total. The highest BCUT2D eigenvalue weighted by Crippen LogP contribution is 2.27. The topological polar surface area (TPSA) is 29.5 Å². The fourth-order valence-corrected chi connectivity index (χ4v) is 1.33. The Labute approximate surface area is 92.5 Å². The lowest BCUT2D eigenvalue weighted by Gasteiger charge is -2.29. The van der Waals surface area contributed by atoms with E-state index >= 15 is 0 Å². The van der Waals surface area contributed by atoms with Crippen molar-refractivity contribution in [2.45, 2.75) is 39.5 Å². The Hall–Kier alpha value is -1.12. The van der Waals surface area contributed by atoms with E-state index in [0.717, 1.165) is 17.7 Å². The van der Waals surface area contributed by atoms with Gasteiger partial charge in [-0.1, -0.05) is 13.7 Å². The fraction of sp³-hybridized carbons (Fsp3) is 0.500. The van der Waals surface area contributed by atoms with Crippen molar-refractivity contribution in [3.63, 3.8) is 0 Å². The molecule has 1 N–H and O–H groups in total. The first-order valence-corrected chi connectivity index (χ1v) is 5.30. The molecule has 0 heterocycles. The summed E-state index contributed by atoms with van der Waals surface area (Å²) in [6, 6.07) is 5.16. The molecule has 0 fully saturated rings. The van der Waals surface area contributed by atoms with Crippen molar-refractivity contribution < 1.29 is 9.84 Å². The van der Waals surface area contributed by atoms with Gasteiger partial charge in [-0.25, -0.2) is 0 Å². The van der Waals surface area contributed by atoms with Crippen molar-refractivity contribution in [3.05, 3.63) is 23.8 Å². The first-order chi connectivity index (χ1) is 7.00. The van der Waals surface area contributed by atoms with Crippen molar-refractivity contribution in [1.29, 1.82) is 0 Å². The standard InChI is InChI=1S/C12H18BO2/c1-5-12(3,13-4)15-11-7-6-10(14)8-9(11)2/h6-8,14H,5H2,1-4H3. The maximum absolute atomic E-state index is 9.29. The van der Waals surface area contributed by atoms with E-state index in [1.807, 2.05) is 19.8 Å². The van der Waals surface area contributed by atoms with Gasteiger partial charge in [0.1, 0.15) is 11.5 Å². The predicted octanol–water partition coefficient (Wildman–Crippen LogP) is 2.96. The number of ether oxygens (including phenoxy) is 1. The van der Waals surface area contributed by atoms with Crippen LogP contribution in [0.5, 0.6) is 11.5 Å². The van der Waals surface area contributed by atoms with Crippen LogP contribution < -0.4 is 4.74 Å². The van der Waals surface area contributed by atoms with E-state index in [0.29, 0.717) is 0 Å². The number of aromatic hydroxyl groups is 1. The Bertz CT molecular complexity index is 332. The number of benzene rings is 1. The molecule has 0 aliphatic carbocycles. The lowest BCUT2D eigenvalue weighted by atomic mass is 9.62. The van der Waals surface area contributed by atoms with Gasteiger partial charge in [0, 0.05) is 0 Å². The second-order valence-electron chi connectivity index (χ2n) is 4.01. The average molecular weight is 205 g/mol. The van der Waals surface area contributed by atoms with Crippen LogP contribution in [-0.2, 0) is 0 Å². The van der Waals surface area contributed by atoms with Crippen LogP contribution in [0.3, 0.4) is 0 Å². The van der Waals surface area contributed by atoms with Crippen LogP contribution in [0.2, 0.25) is 6.82 Å². The van der Waals surface area contributed by atoms with Gasteiger partial charge in [0.15, 0.2) is 7.28 Å². The van der Waals surface area contributed by atoms with Crippen molar-refractivity contribution in [2.75, 3.05) is 0 Å². The van der Waals surface area contributed by atoms with Crippen molar-refractivity contribution in [1.82, 2.24) is 0 Å². The second kappa shape index (κ2) is 4.60. The van der Waals surface area contributed by atoms with Crippen LogP contribution in [0.1, 0.15) is 25.8 Å². The molecule has 1 rings (SSSR count). The quantitative estimate of drug-likeness (QED) is 0.765. The highest BCUT2D eigenvalue weighted by Gasteiger charge is 2.22. The summed E-state index contributed by atoms with van der Waals surface area (Å²) in [7, 11) is 2.05. The molecule has 0 saturated heterocycles. The van der Waals surface area contributed by atoms with E-state index in [2.05, 4.69) is 21.1 Å². The van der Waals surface area contributed by atoms with E-state index in [4.69, 9.17) is 4.74 Å². The first-order valence-electron chi connectivity index (χ1n) is 5.30. The molecule has 1 aromatic rings. The smallest absolute Gasteiger partial charge is 0.166 e. The minimum absolute atomic E-state index is 0.234. The molecule has 0 amide bonds. The molecule has 0 aliphatic rings. The van der Waals surface area contributed by atoms with Gasteiger partial charge in [-0.2, -0.15) is 0 Å². The van der Waals surface area contributed by atoms with Gasteiger partial charge in [0.2, 0.25) is 0 Å². The number of hydrogen-bond donors (Lipinski definition) is 1. The lowest BCUT2D eigenvalue weighted by molar-refractivity contribution is 0.167. The van der Waals surface area contributed by atoms with E-state index in [1.165, 1.54) is 0 Å². The van der Waals surface area contributed by atoms with E-state index in [9.17, 15) is 5.11 Å². The van der Waals surface area contributed by atoms with Crippen LogP contribution in [-0.4, -0.2) is 17.9 Å². The summed E-state index contributed by atoms with van der Waals surface area (Å²) in [4.78, 5) is 0. The Balaban J connectivity index is 2.89. The van der Waals surface area contributed by atoms with E-state index < -0.39 is 0 Å². The molecule has 3 heteroatoms. The molecule has 1 atom stereocenters. The summed E-state index contributed by atoms with van der Waals surface area (Å²) >= 11 is 0. The molecule has 0 spiro atoms. The van der Waals surface area contributed by atoms with Crippen LogP contribution in [0.25, 0.3) is 0 Å². The number of phenolic OH excluding ortho intramolecular Hbond substituents is 1. The molecular weight excluding hydrogens is 187 g/mol. The van der Waals surface area contributed by atoms with Crippen molar-refractivity contribution in [2.24, 2.45) is 0 Å². The van der Waals surface area contributed by atoms with Gasteiger partial charge in [-0.3, -0.25) is 0 Å². The van der Waals surface area contributed by atoms with Gasteiger partial charge < -0.3 is 9.84 Å². The molecule has 1 aromatic carbocycles. The van der Waals surface area contributed by atoms with E-state index in [1.54, 1.807) is 12.1 Å². The highest BCUT2D eigenvalue weighted by molar-refractivity contribution is 6.37. The number of phenols is 1. The second-order valence-corrected chi connectivity index (χ2v) is 4.01. The predicted molar refractivity (Wildman–Crippen MR) is 63.8 cm³/mol. The van der Waals surface area contributed by atoms with Crippen LogP contribution in [0.15, 0.2) is 18.2 Å². The third kappa shape index (κ3) is 2.91. The maximum atomic E-state index is 9.29. The summed E-state index contributed by atoms with van der Waals surface area (Å²) < 4.78 is 5.92. The highest BCUT2D eigenvalue weighted by atomic mass is 16.5. The Morgan fingerprint density at radius 3 is 2.60 bits per heavy atom. The average Bonchev–Trinajstić information content (AvgIpc) is 2.22. The van der Waals surface area contributed by atoms with Gasteiger partial charge in [-0.15, -0.1) is 0 Å². The summed E-state index contributed by atoms with van der Waals surface area (Å²) in [6.07, 6.45) is 0.920. The Morgan fingerprint density at radius 2 is 2.13 bits per heavy atom. The molecular formula is C12H18BO2. The molecule has 1 unspecified atom stereocenters. The maximum Gasteiger partial charge on any atom is 0.166 e. The van der Waals surface area contributed by atoms with Gasteiger partial charge >= 0.3 is 0 Å². The lowest BCUT2D eigenvalue weighted by Crippen LogP contribution is -2.37. The summed E-state index contributed by atoms with van der Waals surface area (Å²) in [5.74, 6) is 1.11. The largest absolute Gasteiger partial charge is 0.508 e. The molecule has 15 heavy (non-hydrogen) atoms. The number of rotatable bonds is 4. The SMILES string of the molecule is C[B]C(C)(CC)Oc1ccc(O)cc1C. The monoisotopic (exact) mass is 205 g/mol. The molecule has 0 aromatic heterocycles. The minimum atomic E-state index is -0.234. The molecule has 0 aliphatic heterocycles. The molecule has 0 saturated carbocycles. The summed E-state index contributed by atoms with van der Waals surface area (Å²) in [5, 5.41) is 9.29.